The van der Waals surface area contributed by atoms with Crippen LogP contribution in [0.15, 0.2) is 36.7 Å². The fourth-order valence-corrected chi connectivity index (χ4v) is 7.59. The Morgan fingerprint density at radius 1 is 1.10 bits per heavy atom. The molecule has 1 aliphatic heterocycles. The molecule has 2 heterocycles. The first-order valence-corrected chi connectivity index (χ1v) is 12.5. The Labute approximate surface area is 187 Å². The van der Waals surface area contributed by atoms with Gasteiger partial charge in [0.1, 0.15) is 5.75 Å². The summed E-state index contributed by atoms with van der Waals surface area (Å²) in [5.74, 6) is 2.63. The minimum absolute atomic E-state index is 0.0352. The minimum Gasteiger partial charge on any atom is -0.493 e. The van der Waals surface area contributed by atoms with Crippen LogP contribution in [0.5, 0.6) is 5.75 Å². The van der Waals surface area contributed by atoms with E-state index < -0.39 is 0 Å². The number of pyridine rings is 1. The molecule has 1 unspecified atom stereocenters. The molecule has 1 aromatic heterocycles. The average Bonchev–Trinajstić information content (AvgIpc) is 3.31. The highest BCUT2D eigenvalue weighted by molar-refractivity contribution is 5.19. The van der Waals surface area contributed by atoms with E-state index in [4.69, 9.17) is 14.2 Å². The van der Waals surface area contributed by atoms with Crippen LogP contribution in [0.4, 0.5) is 0 Å². The van der Waals surface area contributed by atoms with Crippen molar-refractivity contribution in [3.05, 3.63) is 36.7 Å². The lowest BCUT2D eigenvalue weighted by Crippen LogP contribution is -2.62. The molecule has 1 saturated heterocycles. The van der Waals surface area contributed by atoms with Crippen LogP contribution in [0.25, 0.3) is 0 Å². The van der Waals surface area contributed by atoms with Gasteiger partial charge in [-0.1, -0.05) is 38.8 Å². The van der Waals surface area contributed by atoms with Crippen molar-refractivity contribution in [1.29, 1.82) is 0 Å². The number of hydrogen-bond acceptors (Lipinski definition) is 4. The van der Waals surface area contributed by atoms with E-state index in [2.05, 4.69) is 25.4 Å². The van der Waals surface area contributed by atoms with Crippen molar-refractivity contribution in [3.63, 3.8) is 0 Å². The van der Waals surface area contributed by atoms with E-state index in [0.717, 1.165) is 38.2 Å². The summed E-state index contributed by atoms with van der Waals surface area (Å²) in [7, 11) is 0. The van der Waals surface area contributed by atoms with Crippen LogP contribution in [0, 0.1) is 28.6 Å². The van der Waals surface area contributed by atoms with Gasteiger partial charge in [-0.05, 0) is 74.3 Å². The average molecular weight is 426 g/mol. The molecule has 0 radical (unpaired) electrons. The molecule has 0 aromatic carbocycles. The Balaban J connectivity index is 1.29. The molecule has 4 heteroatoms. The minimum atomic E-state index is 0.0352. The van der Waals surface area contributed by atoms with Gasteiger partial charge in [-0.3, -0.25) is 4.98 Å². The van der Waals surface area contributed by atoms with Crippen LogP contribution in [0.1, 0.15) is 71.6 Å². The van der Waals surface area contributed by atoms with Gasteiger partial charge in [-0.15, -0.1) is 0 Å². The van der Waals surface area contributed by atoms with Crippen LogP contribution >= 0.6 is 0 Å². The molecule has 0 bridgehead atoms. The lowest BCUT2D eigenvalue weighted by atomic mass is 9.46. The molecule has 1 aromatic rings. The largest absolute Gasteiger partial charge is 0.493 e. The normalized spacial score (nSPS) is 40.9. The second kappa shape index (κ2) is 8.51. The molecule has 31 heavy (non-hydrogen) atoms. The smallest absolute Gasteiger partial charge is 0.160 e. The first kappa shape index (κ1) is 21.5. The third kappa shape index (κ3) is 3.84. The molecule has 4 fully saturated rings. The van der Waals surface area contributed by atoms with Gasteiger partial charge in [0.2, 0.25) is 0 Å². The van der Waals surface area contributed by atoms with E-state index in [1.807, 2.05) is 12.1 Å². The highest BCUT2D eigenvalue weighted by atomic mass is 16.7. The maximum atomic E-state index is 6.70. The molecular formula is C27H39NO3. The maximum Gasteiger partial charge on any atom is 0.160 e. The zero-order valence-corrected chi connectivity index (χ0v) is 19.4. The maximum absolute atomic E-state index is 6.70. The van der Waals surface area contributed by atoms with E-state index >= 15 is 0 Å². The predicted octanol–water partition coefficient (Wildman–Crippen LogP) is 6.17. The van der Waals surface area contributed by atoms with Crippen LogP contribution in [-0.4, -0.2) is 30.6 Å². The SMILES string of the molecule is C=C1CCC2[C@]3(C)CO[C@@H](C4CCCC4)O[C@@H]3CC[C@@]2(C)[C@@H]1CCOc1ccncc1. The van der Waals surface area contributed by atoms with Gasteiger partial charge in [-0.25, -0.2) is 0 Å². The Morgan fingerprint density at radius 2 is 1.87 bits per heavy atom. The molecule has 170 valence electrons. The molecular weight excluding hydrogens is 386 g/mol. The van der Waals surface area contributed by atoms with Gasteiger partial charge in [0.25, 0.3) is 0 Å². The standard InChI is InChI=1S/C27H39NO3/c1-19-8-9-23-26(2,22(19)13-17-29-21-11-15-28-16-12-21)14-10-24-27(23,3)18-30-25(31-24)20-6-4-5-7-20/h11-12,15-16,20,22-25H,1,4-10,13-14,17-18H2,2-3H3/t22-,23?,24-,25-,26+,27+/m1/s1. The molecule has 5 rings (SSSR count). The fourth-order valence-electron chi connectivity index (χ4n) is 7.59. The highest BCUT2D eigenvalue weighted by Gasteiger charge is 2.60. The summed E-state index contributed by atoms with van der Waals surface area (Å²) in [6, 6.07) is 3.87. The van der Waals surface area contributed by atoms with E-state index in [1.54, 1.807) is 12.4 Å². The molecule has 0 N–H and O–H groups in total. The number of nitrogens with zero attached hydrogens (tertiary/aromatic N) is 1. The zero-order valence-electron chi connectivity index (χ0n) is 19.4. The van der Waals surface area contributed by atoms with Gasteiger partial charge in [-0.2, -0.15) is 0 Å². The van der Waals surface area contributed by atoms with Crippen LogP contribution < -0.4 is 4.74 Å². The van der Waals surface area contributed by atoms with Crippen molar-refractivity contribution in [2.24, 2.45) is 28.6 Å². The fraction of sp³-hybridized carbons (Fsp3) is 0.741. The lowest BCUT2D eigenvalue weighted by molar-refractivity contribution is -0.316. The number of fused-ring (bicyclic) bond motifs is 3. The summed E-state index contributed by atoms with van der Waals surface area (Å²) in [5.41, 5.74) is 1.77. The quantitative estimate of drug-likeness (QED) is 0.529. The van der Waals surface area contributed by atoms with E-state index in [1.165, 1.54) is 44.1 Å². The summed E-state index contributed by atoms with van der Waals surface area (Å²) in [4.78, 5) is 4.08. The number of allylic oxidation sites excluding steroid dienone is 1. The van der Waals surface area contributed by atoms with E-state index in [0.29, 0.717) is 23.9 Å². The Kier molecular flexibility index (Phi) is 5.89. The van der Waals surface area contributed by atoms with Crippen molar-refractivity contribution in [3.8, 4) is 5.75 Å². The third-order valence-electron chi connectivity index (χ3n) is 9.28. The third-order valence-corrected chi connectivity index (χ3v) is 9.28. The number of hydrogen-bond donors (Lipinski definition) is 0. The second-order valence-electron chi connectivity index (χ2n) is 11.0. The van der Waals surface area contributed by atoms with Gasteiger partial charge in [0.15, 0.2) is 6.29 Å². The summed E-state index contributed by atoms with van der Waals surface area (Å²) >= 11 is 0. The molecule has 6 atom stereocenters. The van der Waals surface area contributed by atoms with Crippen molar-refractivity contribution < 1.29 is 14.2 Å². The molecule has 0 amide bonds. The Hall–Kier alpha value is -1.39. The van der Waals surface area contributed by atoms with Gasteiger partial charge in [0.05, 0.1) is 19.3 Å². The zero-order chi connectivity index (χ0) is 21.5. The van der Waals surface area contributed by atoms with Crippen LogP contribution in [0.2, 0.25) is 0 Å². The highest BCUT2D eigenvalue weighted by Crippen LogP contribution is 2.63. The van der Waals surface area contributed by atoms with Crippen molar-refractivity contribution in [2.75, 3.05) is 13.2 Å². The van der Waals surface area contributed by atoms with E-state index in [-0.39, 0.29) is 17.1 Å². The molecule has 4 aliphatic rings. The molecule has 4 nitrogen and oxygen atoms in total. The lowest BCUT2D eigenvalue weighted by Gasteiger charge is -2.63. The first-order chi connectivity index (χ1) is 15.0. The van der Waals surface area contributed by atoms with Gasteiger partial charge in [0, 0.05) is 23.7 Å². The van der Waals surface area contributed by atoms with Gasteiger partial charge < -0.3 is 14.2 Å². The molecule has 0 spiro atoms. The van der Waals surface area contributed by atoms with Crippen LogP contribution in [-0.2, 0) is 9.47 Å². The Morgan fingerprint density at radius 3 is 2.65 bits per heavy atom. The number of rotatable bonds is 5. The Bertz CT molecular complexity index is 776. The summed E-state index contributed by atoms with van der Waals surface area (Å²) in [6.07, 6.45) is 14.9. The summed E-state index contributed by atoms with van der Waals surface area (Å²) < 4.78 is 19.2. The van der Waals surface area contributed by atoms with E-state index in [9.17, 15) is 0 Å². The number of aromatic nitrogens is 1. The molecule has 3 saturated carbocycles. The topological polar surface area (TPSA) is 40.6 Å². The van der Waals surface area contributed by atoms with Crippen LogP contribution in [0.3, 0.4) is 0 Å². The monoisotopic (exact) mass is 425 g/mol. The first-order valence-electron chi connectivity index (χ1n) is 12.5. The van der Waals surface area contributed by atoms with Gasteiger partial charge >= 0.3 is 0 Å². The summed E-state index contributed by atoms with van der Waals surface area (Å²) in [5, 5.41) is 0. The van der Waals surface area contributed by atoms with Crippen molar-refractivity contribution >= 4 is 0 Å². The number of ether oxygens (including phenoxy) is 3. The molecule has 3 aliphatic carbocycles. The predicted molar refractivity (Wildman–Crippen MR) is 122 cm³/mol. The second-order valence-corrected chi connectivity index (χ2v) is 11.0. The summed E-state index contributed by atoms with van der Waals surface area (Å²) in [6.45, 7) is 11.1. The van der Waals surface area contributed by atoms with Crippen molar-refractivity contribution in [1.82, 2.24) is 4.98 Å². The van der Waals surface area contributed by atoms with Crippen molar-refractivity contribution in [2.45, 2.75) is 84.0 Å².